The molecule has 2 fully saturated rings. The number of hydrogen-bond donors (Lipinski definition) is 1. The van der Waals surface area contributed by atoms with Crippen molar-refractivity contribution in [2.75, 3.05) is 26.2 Å². The van der Waals surface area contributed by atoms with Crippen molar-refractivity contribution >= 4 is 6.03 Å². The van der Waals surface area contributed by atoms with Gasteiger partial charge in [-0.2, -0.15) is 0 Å². The molecule has 1 saturated heterocycles. The highest BCUT2D eigenvalue weighted by molar-refractivity contribution is 5.74. The van der Waals surface area contributed by atoms with Gasteiger partial charge in [0.2, 0.25) is 0 Å². The largest absolute Gasteiger partial charge is 0.360 e. The highest BCUT2D eigenvalue weighted by atomic mass is 16.5. The van der Waals surface area contributed by atoms with E-state index in [0.717, 1.165) is 57.0 Å². The second-order valence-electron chi connectivity index (χ2n) is 6.13. The van der Waals surface area contributed by atoms with E-state index >= 15 is 0 Å². The fourth-order valence-electron chi connectivity index (χ4n) is 3.16. The van der Waals surface area contributed by atoms with Gasteiger partial charge < -0.3 is 14.7 Å². The highest BCUT2D eigenvalue weighted by Gasteiger charge is 2.24. The van der Waals surface area contributed by atoms with Crippen molar-refractivity contribution < 1.29 is 9.32 Å². The van der Waals surface area contributed by atoms with Crippen LogP contribution < -0.4 is 5.32 Å². The van der Waals surface area contributed by atoms with Crippen molar-refractivity contribution in [1.82, 2.24) is 20.3 Å². The summed E-state index contributed by atoms with van der Waals surface area (Å²) in [5, 5.41) is 7.06. The third kappa shape index (κ3) is 3.75. The average Bonchev–Trinajstić information content (AvgIpc) is 3.12. The van der Waals surface area contributed by atoms with Gasteiger partial charge >= 0.3 is 6.03 Å². The third-order valence-electron chi connectivity index (χ3n) is 4.40. The number of carbonyl (C=O) groups excluding carboxylic acids is 1. The monoisotopic (exact) mass is 292 g/mol. The van der Waals surface area contributed by atoms with Crippen molar-refractivity contribution in [3.05, 3.63) is 17.5 Å². The number of carbonyl (C=O) groups is 1. The van der Waals surface area contributed by atoms with E-state index in [1.165, 1.54) is 12.8 Å². The third-order valence-corrected chi connectivity index (χ3v) is 4.40. The van der Waals surface area contributed by atoms with Gasteiger partial charge in [0.25, 0.3) is 0 Å². The molecule has 1 aromatic heterocycles. The fraction of sp³-hybridized carbons (Fsp3) is 0.733. The van der Waals surface area contributed by atoms with Crippen molar-refractivity contribution in [2.45, 2.75) is 45.2 Å². The Morgan fingerprint density at radius 2 is 2.05 bits per heavy atom. The molecule has 2 aliphatic rings. The van der Waals surface area contributed by atoms with E-state index in [2.05, 4.69) is 15.4 Å². The molecule has 0 aromatic carbocycles. The quantitative estimate of drug-likeness (QED) is 0.922. The van der Waals surface area contributed by atoms with Crippen LogP contribution in [0.25, 0.3) is 0 Å². The SMILES string of the molecule is Cc1cc(CN2CCN(C(=O)NC3CCCC3)CC2)on1. The first-order valence-electron chi connectivity index (χ1n) is 7.91. The molecule has 0 unspecified atom stereocenters. The van der Waals surface area contributed by atoms with E-state index in [1.807, 2.05) is 17.9 Å². The van der Waals surface area contributed by atoms with E-state index < -0.39 is 0 Å². The summed E-state index contributed by atoms with van der Waals surface area (Å²) in [5.41, 5.74) is 0.916. The first kappa shape index (κ1) is 14.4. The predicted molar refractivity (Wildman–Crippen MR) is 78.9 cm³/mol. The summed E-state index contributed by atoms with van der Waals surface area (Å²) in [4.78, 5) is 16.4. The number of nitrogens with zero attached hydrogens (tertiary/aromatic N) is 3. The molecular formula is C15H24N4O2. The second kappa shape index (κ2) is 6.47. The van der Waals surface area contributed by atoms with E-state index in [-0.39, 0.29) is 6.03 Å². The first-order chi connectivity index (χ1) is 10.2. The molecule has 1 aromatic rings. The zero-order valence-electron chi connectivity index (χ0n) is 12.7. The number of nitrogens with one attached hydrogen (secondary N) is 1. The molecule has 1 aliphatic carbocycles. The van der Waals surface area contributed by atoms with E-state index in [0.29, 0.717) is 6.04 Å². The first-order valence-corrected chi connectivity index (χ1v) is 7.91. The molecule has 21 heavy (non-hydrogen) atoms. The molecule has 0 atom stereocenters. The maximum atomic E-state index is 12.2. The van der Waals surface area contributed by atoms with Crippen LogP contribution in [-0.2, 0) is 6.54 Å². The molecule has 6 nitrogen and oxygen atoms in total. The zero-order valence-corrected chi connectivity index (χ0v) is 12.7. The lowest BCUT2D eigenvalue weighted by atomic mass is 10.2. The Balaban J connectivity index is 1.42. The number of rotatable bonds is 3. The Morgan fingerprint density at radius 1 is 1.33 bits per heavy atom. The predicted octanol–water partition coefficient (Wildman–Crippen LogP) is 1.75. The molecule has 2 amide bonds. The van der Waals surface area contributed by atoms with Gasteiger partial charge in [0.15, 0.2) is 5.76 Å². The Morgan fingerprint density at radius 3 is 2.67 bits per heavy atom. The molecule has 1 saturated carbocycles. The van der Waals surface area contributed by atoms with Gasteiger partial charge in [0, 0.05) is 38.3 Å². The van der Waals surface area contributed by atoms with Crippen LogP contribution in [0.4, 0.5) is 4.79 Å². The van der Waals surface area contributed by atoms with Gasteiger partial charge in [-0.1, -0.05) is 18.0 Å². The van der Waals surface area contributed by atoms with Gasteiger partial charge in [-0.05, 0) is 19.8 Å². The van der Waals surface area contributed by atoms with Gasteiger partial charge in [-0.25, -0.2) is 4.79 Å². The number of amides is 2. The molecule has 1 N–H and O–H groups in total. The van der Waals surface area contributed by atoms with Crippen LogP contribution in [0.2, 0.25) is 0 Å². The summed E-state index contributed by atoms with van der Waals surface area (Å²) in [6.45, 7) is 6.05. The van der Waals surface area contributed by atoms with Crippen LogP contribution in [0.5, 0.6) is 0 Å². The summed E-state index contributed by atoms with van der Waals surface area (Å²) >= 11 is 0. The van der Waals surface area contributed by atoms with Gasteiger partial charge in [-0.15, -0.1) is 0 Å². The lowest BCUT2D eigenvalue weighted by molar-refractivity contribution is 0.126. The number of urea groups is 1. The minimum absolute atomic E-state index is 0.108. The maximum Gasteiger partial charge on any atom is 0.317 e. The van der Waals surface area contributed by atoms with Crippen LogP contribution in [0.1, 0.15) is 37.1 Å². The van der Waals surface area contributed by atoms with E-state index in [9.17, 15) is 4.79 Å². The Kier molecular flexibility index (Phi) is 4.43. The molecule has 1 aliphatic heterocycles. The summed E-state index contributed by atoms with van der Waals surface area (Å²) in [6, 6.07) is 2.48. The summed E-state index contributed by atoms with van der Waals surface area (Å²) in [5.74, 6) is 0.899. The minimum atomic E-state index is 0.108. The van der Waals surface area contributed by atoms with Crippen LogP contribution in [-0.4, -0.2) is 53.2 Å². The smallest absolute Gasteiger partial charge is 0.317 e. The van der Waals surface area contributed by atoms with Crippen molar-refractivity contribution in [3.8, 4) is 0 Å². The van der Waals surface area contributed by atoms with Crippen molar-refractivity contribution in [3.63, 3.8) is 0 Å². The Labute approximate surface area is 125 Å². The van der Waals surface area contributed by atoms with E-state index in [4.69, 9.17) is 4.52 Å². The summed E-state index contributed by atoms with van der Waals surface area (Å²) in [6.07, 6.45) is 4.76. The molecule has 0 radical (unpaired) electrons. The van der Waals surface area contributed by atoms with Crippen LogP contribution in [0, 0.1) is 6.92 Å². The van der Waals surface area contributed by atoms with Gasteiger partial charge in [0.1, 0.15) is 0 Å². The average molecular weight is 292 g/mol. The normalized spacial score (nSPS) is 20.9. The summed E-state index contributed by atoms with van der Waals surface area (Å²) < 4.78 is 5.25. The lowest BCUT2D eigenvalue weighted by Crippen LogP contribution is -2.52. The number of piperazine rings is 1. The topological polar surface area (TPSA) is 61.6 Å². The van der Waals surface area contributed by atoms with Gasteiger partial charge in [0.05, 0.1) is 12.2 Å². The van der Waals surface area contributed by atoms with Crippen molar-refractivity contribution in [2.24, 2.45) is 0 Å². The molecule has 6 heteroatoms. The number of hydrogen-bond acceptors (Lipinski definition) is 4. The number of aryl methyl sites for hydroxylation is 1. The lowest BCUT2D eigenvalue weighted by Gasteiger charge is -2.34. The van der Waals surface area contributed by atoms with Crippen LogP contribution in [0.15, 0.2) is 10.6 Å². The highest BCUT2D eigenvalue weighted by Crippen LogP contribution is 2.18. The Hall–Kier alpha value is -1.56. The Bertz CT molecular complexity index is 474. The second-order valence-corrected chi connectivity index (χ2v) is 6.13. The van der Waals surface area contributed by atoms with Crippen LogP contribution in [0.3, 0.4) is 0 Å². The molecule has 3 rings (SSSR count). The standard InChI is InChI=1S/C15H24N4O2/c1-12-10-14(21-17-12)11-18-6-8-19(9-7-18)15(20)16-13-4-2-3-5-13/h10,13H,2-9,11H2,1H3,(H,16,20). The molecule has 0 spiro atoms. The van der Waals surface area contributed by atoms with Crippen LogP contribution >= 0.6 is 0 Å². The maximum absolute atomic E-state index is 12.2. The summed E-state index contributed by atoms with van der Waals surface area (Å²) in [7, 11) is 0. The van der Waals surface area contributed by atoms with Gasteiger partial charge in [-0.3, -0.25) is 4.90 Å². The minimum Gasteiger partial charge on any atom is -0.360 e. The van der Waals surface area contributed by atoms with E-state index in [1.54, 1.807) is 0 Å². The number of aromatic nitrogens is 1. The van der Waals surface area contributed by atoms with Crippen molar-refractivity contribution in [1.29, 1.82) is 0 Å². The molecule has 0 bridgehead atoms. The zero-order chi connectivity index (χ0) is 14.7. The molecule has 2 heterocycles. The fourth-order valence-corrected chi connectivity index (χ4v) is 3.16. The molecule has 116 valence electrons. The molecular weight excluding hydrogens is 268 g/mol.